The van der Waals surface area contributed by atoms with Gasteiger partial charge in [0.15, 0.2) is 0 Å². The molecule has 1 amide bonds. The SMILES string of the molecule is CN1CCc2cc(C(=O)Nc3c(F)cccc3F)sc2-c2ncc(F)cc21. The number of hydrogen-bond donors (Lipinski definition) is 1. The lowest BCUT2D eigenvalue weighted by molar-refractivity contribution is 0.102. The molecule has 0 saturated carbocycles. The number of likely N-dealkylation sites (N-methyl/N-ethyl adjacent to an activating group) is 1. The molecule has 138 valence electrons. The summed E-state index contributed by atoms with van der Waals surface area (Å²) in [6.07, 6.45) is 1.78. The summed E-state index contributed by atoms with van der Waals surface area (Å²) in [4.78, 5) is 19.7. The van der Waals surface area contributed by atoms with Gasteiger partial charge in [-0.2, -0.15) is 0 Å². The molecule has 27 heavy (non-hydrogen) atoms. The highest BCUT2D eigenvalue weighted by Gasteiger charge is 2.24. The molecule has 0 unspecified atom stereocenters. The number of fused-ring (bicyclic) bond motifs is 3. The molecule has 0 bridgehead atoms. The predicted molar refractivity (Wildman–Crippen MR) is 98.8 cm³/mol. The summed E-state index contributed by atoms with van der Waals surface area (Å²) in [5.74, 6) is -2.72. The van der Waals surface area contributed by atoms with E-state index in [0.717, 1.165) is 28.8 Å². The van der Waals surface area contributed by atoms with Crippen molar-refractivity contribution in [3.05, 3.63) is 64.4 Å². The largest absolute Gasteiger partial charge is 0.372 e. The number of carbonyl (C=O) groups excluding carboxylic acids is 1. The minimum absolute atomic E-state index is 0.310. The number of hydrogen-bond acceptors (Lipinski definition) is 4. The number of pyridine rings is 1. The Bertz CT molecular complexity index is 1030. The van der Waals surface area contributed by atoms with Gasteiger partial charge in [0, 0.05) is 19.7 Å². The van der Waals surface area contributed by atoms with Gasteiger partial charge in [-0.15, -0.1) is 11.3 Å². The summed E-state index contributed by atoms with van der Waals surface area (Å²) in [5, 5.41) is 2.29. The van der Waals surface area contributed by atoms with E-state index in [4.69, 9.17) is 0 Å². The van der Waals surface area contributed by atoms with Gasteiger partial charge >= 0.3 is 0 Å². The van der Waals surface area contributed by atoms with Crippen LogP contribution < -0.4 is 10.2 Å². The zero-order valence-corrected chi connectivity index (χ0v) is 15.0. The maximum absolute atomic E-state index is 13.8. The second-order valence-corrected chi connectivity index (χ2v) is 7.26. The highest BCUT2D eigenvalue weighted by molar-refractivity contribution is 7.17. The van der Waals surface area contributed by atoms with Crippen LogP contribution in [-0.2, 0) is 6.42 Å². The molecule has 0 radical (unpaired) electrons. The van der Waals surface area contributed by atoms with Crippen LogP contribution in [0.15, 0.2) is 36.5 Å². The molecule has 0 fully saturated rings. The Morgan fingerprint density at radius 2 is 1.96 bits per heavy atom. The normalized spacial score (nSPS) is 13.0. The van der Waals surface area contributed by atoms with Gasteiger partial charge in [0.2, 0.25) is 0 Å². The number of para-hydroxylation sites is 1. The number of amides is 1. The molecule has 0 aliphatic carbocycles. The quantitative estimate of drug-likeness (QED) is 0.703. The molecule has 4 rings (SSSR count). The Morgan fingerprint density at radius 1 is 1.22 bits per heavy atom. The lowest BCUT2D eigenvalue weighted by atomic mass is 10.1. The first kappa shape index (κ1) is 17.5. The minimum Gasteiger partial charge on any atom is -0.372 e. The number of thiophene rings is 1. The van der Waals surface area contributed by atoms with Gasteiger partial charge in [0.1, 0.15) is 28.8 Å². The summed E-state index contributed by atoms with van der Waals surface area (Å²) in [6.45, 7) is 0.630. The van der Waals surface area contributed by atoms with Crippen molar-refractivity contribution in [2.45, 2.75) is 6.42 Å². The highest BCUT2D eigenvalue weighted by atomic mass is 32.1. The maximum atomic E-state index is 13.8. The van der Waals surface area contributed by atoms with Crippen LogP contribution in [0.4, 0.5) is 24.5 Å². The van der Waals surface area contributed by atoms with Crippen molar-refractivity contribution in [1.82, 2.24) is 4.98 Å². The van der Waals surface area contributed by atoms with Gasteiger partial charge in [0.25, 0.3) is 5.91 Å². The fourth-order valence-corrected chi connectivity index (χ4v) is 4.13. The molecular formula is C19H14F3N3OS. The van der Waals surface area contributed by atoms with Crippen LogP contribution in [-0.4, -0.2) is 24.5 Å². The summed E-state index contributed by atoms with van der Waals surface area (Å²) in [7, 11) is 1.85. The van der Waals surface area contributed by atoms with Crippen LogP contribution in [0, 0.1) is 17.5 Å². The maximum Gasteiger partial charge on any atom is 0.265 e. The van der Waals surface area contributed by atoms with E-state index >= 15 is 0 Å². The Balaban J connectivity index is 1.71. The van der Waals surface area contributed by atoms with Crippen molar-refractivity contribution >= 4 is 28.6 Å². The van der Waals surface area contributed by atoms with E-state index in [2.05, 4.69) is 10.3 Å². The van der Waals surface area contributed by atoms with Crippen molar-refractivity contribution in [3.8, 4) is 10.6 Å². The number of nitrogens with one attached hydrogen (secondary N) is 1. The summed E-state index contributed by atoms with van der Waals surface area (Å²) < 4.78 is 41.2. The second kappa shape index (κ2) is 6.70. The van der Waals surface area contributed by atoms with E-state index in [1.165, 1.54) is 23.5 Å². The van der Waals surface area contributed by atoms with Crippen molar-refractivity contribution in [1.29, 1.82) is 0 Å². The molecule has 1 aliphatic heterocycles. The molecule has 3 aromatic rings. The topological polar surface area (TPSA) is 45.2 Å². The van der Waals surface area contributed by atoms with Crippen LogP contribution >= 0.6 is 11.3 Å². The first-order valence-corrected chi connectivity index (χ1v) is 9.01. The third kappa shape index (κ3) is 3.16. The molecule has 3 heterocycles. The fraction of sp³-hybridized carbons (Fsp3) is 0.158. The number of benzene rings is 1. The van der Waals surface area contributed by atoms with E-state index in [-0.39, 0.29) is 0 Å². The highest BCUT2D eigenvalue weighted by Crippen LogP contribution is 2.40. The molecule has 4 nitrogen and oxygen atoms in total. The monoisotopic (exact) mass is 389 g/mol. The predicted octanol–water partition coefficient (Wildman–Crippen LogP) is 4.47. The first-order chi connectivity index (χ1) is 12.9. The number of rotatable bonds is 2. The van der Waals surface area contributed by atoms with Gasteiger partial charge in [-0.25, -0.2) is 13.2 Å². The van der Waals surface area contributed by atoms with Crippen LogP contribution in [0.3, 0.4) is 0 Å². The molecule has 0 saturated heterocycles. The third-order valence-corrected chi connectivity index (χ3v) is 5.59. The molecule has 2 aromatic heterocycles. The second-order valence-electron chi connectivity index (χ2n) is 6.21. The average molecular weight is 389 g/mol. The molecule has 8 heteroatoms. The summed E-state index contributed by atoms with van der Waals surface area (Å²) in [6, 6.07) is 6.49. The Morgan fingerprint density at radius 3 is 2.70 bits per heavy atom. The molecule has 0 atom stereocenters. The summed E-state index contributed by atoms with van der Waals surface area (Å²) in [5.41, 5.74) is 1.64. The van der Waals surface area contributed by atoms with Gasteiger partial charge in [-0.05, 0) is 30.2 Å². The van der Waals surface area contributed by atoms with Crippen molar-refractivity contribution in [3.63, 3.8) is 0 Å². The first-order valence-electron chi connectivity index (χ1n) is 8.19. The van der Waals surface area contributed by atoms with Crippen molar-refractivity contribution in [2.24, 2.45) is 0 Å². The van der Waals surface area contributed by atoms with Crippen LogP contribution in [0.5, 0.6) is 0 Å². The van der Waals surface area contributed by atoms with E-state index in [9.17, 15) is 18.0 Å². The lowest BCUT2D eigenvalue weighted by Crippen LogP contribution is -2.19. The smallest absolute Gasteiger partial charge is 0.265 e. The Labute approximate surface area is 157 Å². The number of carbonyl (C=O) groups is 1. The number of halogens is 3. The zero-order chi connectivity index (χ0) is 19.1. The number of anilines is 2. The molecule has 1 aliphatic rings. The minimum atomic E-state index is -0.842. The van der Waals surface area contributed by atoms with Gasteiger partial charge in [-0.1, -0.05) is 6.07 Å². The number of nitrogens with zero attached hydrogens (tertiary/aromatic N) is 2. The van der Waals surface area contributed by atoms with Gasteiger partial charge in [-0.3, -0.25) is 9.78 Å². The summed E-state index contributed by atoms with van der Waals surface area (Å²) >= 11 is 1.17. The zero-order valence-electron chi connectivity index (χ0n) is 14.2. The van der Waals surface area contributed by atoms with E-state index < -0.39 is 29.0 Å². The van der Waals surface area contributed by atoms with E-state index in [1.807, 2.05) is 11.9 Å². The molecule has 1 aromatic carbocycles. The Hall–Kier alpha value is -2.87. The lowest BCUT2D eigenvalue weighted by Gasteiger charge is -2.18. The average Bonchev–Trinajstić information content (AvgIpc) is 3.02. The molecule has 1 N–H and O–H groups in total. The Kier molecular flexibility index (Phi) is 4.35. The molecular weight excluding hydrogens is 375 g/mol. The third-order valence-electron chi connectivity index (χ3n) is 4.41. The van der Waals surface area contributed by atoms with Crippen LogP contribution in [0.25, 0.3) is 10.6 Å². The molecule has 0 spiro atoms. The standard InChI is InChI=1S/C19H14F3N3OS/c1-25-6-5-10-7-15(19(26)24-16-12(21)3-2-4-13(16)22)27-18(10)17-14(25)8-11(20)9-23-17/h2-4,7-9H,5-6H2,1H3,(H,24,26). The van der Waals surface area contributed by atoms with Gasteiger partial charge < -0.3 is 10.2 Å². The van der Waals surface area contributed by atoms with Crippen LogP contribution in [0.2, 0.25) is 0 Å². The van der Waals surface area contributed by atoms with E-state index in [1.54, 1.807) is 6.07 Å². The number of aromatic nitrogens is 1. The van der Waals surface area contributed by atoms with Crippen molar-refractivity contribution < 1.29 is 18.0 Å². The van der Waals surface area contributed by atoms with Gasteiger partial charge in [0.05, 0.1) is 21.6 Å². The van der Waals surface area contributed by atoms with Crippen molar-refractivity contribution in [2.75, 3.05) is 23.8 Å². The fourth-order valence-electron chi connectivity index (χ4n) is 3.02. The van der Waals surface area contributed by atoms with E-state index in [0.29, 0.717) is 29.2 Å². The van der Waals surface area contributed by atoms with Crippen LogP contribution in [0.1, 0.15) is 15.2 Å².